The van der Waals surface area contributed by atoms with Crippen LogP contribution in [-0.4, -0.2) is 5.92 Å². The first-order chi connectivity index (χ1) is 25.2. The maximum atomic E-state index is 8.84. The van der Waals surface area contributed by atoms with Crippen LogP contribution in [-0.2, 0) is 28.4 Å². The van der Waals surface area contributed by atoms with Crippen molar-refractivity contribution in [3.05, 3.63) is 129 Å². The van der Waals surface area contributed by atoms with Crippen molar-refractivity contribution >= 4 is 35.1 Å². The minimum atomic E-state index is -4.87. The summed E-state index contributed by atoms with van der Waals surface area (Å²) < 4.78 is 0.258. The van der Waals surface area contributed by atoms with Gasteiger partial charge in [0.05, 0.1) is 0 Å². The van der Waals surface area contributed by atoms with Gasteiger partial charge in [-0.2, -0.15) is 0 Å². The van der Waals surface area contributed by atoms with Gasteiger partial charge in [0, 0.05) is 0 Å². The fraction of sp³-hybridized carbons (Fsp3) is 0.417. The number of hydrogen-bond acceptors (Lipinski definition) is 0. The van der Waals surface area contributed by atoms with Gasteiger partial charge in [-0.1, -0.05) is 0 Å². The number of fused-ring (bicyclic) bond motifs is 2. The first kappa shape index (κ1) is 39.7. The molecule has 0 nitrogen and oxygen atoms in total. The van der Waals surface area contributed by atoms with Gasteiger partial charge in [0.1, 0.15) is 0 Å². The van der Waals surface area contributed by atoms with Gasteiger partial charge in [-0.25, -0.2) is 0 Å². The van der Waals surface area contributed by atoms with E-state index in [1.54, 1.807) is 0 Å². The van der Waals surface area contributed by atoms with E-state index < -0.39 is 21.5 Å². The van der Waals surface area contributed by atoms with Gasteiger partial charge < -0.3 is 0 Å². The molecule has 0 saturated heterocycles. The van der Waals surface area contributed by atoms with Gasteiger partial charge in [0.15, 0.2) is 0 Å². The number of hydrogen-bond donors (Lipinski definition) is 0. The topological polar surface area (TPSA) is 0 Å². The first-order valence-electron chi connectivity index (χ1n) is 20.6. The molecule has 4 heteroatoms. The summed E-state index contributed by atoms with van der Waals surface area (Å²) in [6, 6.07) is 32.7. The summed E-state index contributed by atoms with van der Waals surface area (Å²) in [5, 5.41) is 0. The van der Waals surface area contributed by atoms with Crippen LogP contribution < -0.4 is 0 Å². The van der Waals surface area contributed by atoms with Gasteiger partial charge in [0.25, 0.3) is 0 Å². The molecule has 2 unspecified atom stereocenters. The monoisotopic (exact) mass is 825 g/mol. The molecule has 2 aliphatic rings. The summed E-state index contributed by atoms with van der Waals surface area (Å²) in [4.78, 5) is 0. The average molecular weight is 828 g/mol. The Hall–Kier alpha value is -1.96. The van der Waals surface area contributed by atoms with E-state index in [-0.39, 0.29) is 7.25 Å². The second-order valence-corrected chi connectivity index (χ2v) is 58.6. The Balaban J connectivity index is 1.51. The predicted molar refractivity (Wildman–Crippen MR) is 232 cm³/mol. The molecule has 0 saturated carbocycles. The quantitative estimate of drug-likeness (QED) is 0.0930. The van der Waals surface area contributed by atoms with Crippen LogP contribution in [0.25, 0.3) is 34.4 Å². The third-order valence-electron chi connectivity index (χ3n) is 12.3. The Morgan fingerprint density at radius 2 is 0.865 bits per heavy atom. The zero-order valence-electron chi connectivity index (χ0n) is 32.7. The van der Waals surface area contributed by atoms with Crippen LogP contribution in [0.15, 0.2) is 96.1 Å². The summed E-state index contributed by atoms with van der Waals surface area (Å²) >= 11 is -4.87. The Morgan fingerprint density at radius 1 is 0.500 bits per heavy atom. The molecule has 4 aromatic rings. The van der Waals surface area contributed by atoms with Crippen LogP contribution in [0.4, 0.5) is 0 Å². The average Bonchev–Trinajstić information content (AvgIpc) is 3.75. The Bertz CT molecular complexity index is 1770. The standard InChI is InChI=1S/2C23H27.C2H7Si.2ClH.Zr/c2*1-3-5-8-18-12-14-20(15-13-18)22-11-7-10-21-16-19(9-6-4-2)17-23(21)22;1-3-2;;;/h2*7,10-17H,3-6,8-9H2,1-2H3;3H,1-2H3;2*1H;/q;;;;;+2/p-2. The predicted octanol–water partition coefficient (Wildman–Crippen LogP) is 15.6. The number of rotatable bonds is 17. The molecular weight excluding hydrogens is 767 g/mol. The third kappa shape index (κ3) is 7.63. The van der Waals surface area contributed by atoms with E-state index in [0.717, 1.165) is 51.4 Å². The molecule has 6 rings (SSSR count). The summed E-state index contributed by atoms with van der Waals surface area (Å²) in [7, 11) is 17.7. The molecule has 2 atom stereocenters. The molecule has 0 radical (unpaired) electrons. The van der Waals surface area contributed by atoms with E-state index in [1.165, 1.54) is 92.5 Å². The minimum absolute atomic E-state index is 0.129. The third-order valence-corrected chi connectivity index (χ3v) is 64.2. The van der Waals surface area contributed by atoms with Gasteiger partial charge >= 0.3 is 327 Å². The van der Waals surface area contributed by atoms with Crippen LogP contribution in [0.5, 0.6) is 0 Å². The van der Waals surface area contributed by atoms with Crippen LogP contribution in [0.3, 0.4) is 0 Å². The number of allylic oxidation sites excluding steroid dienone is 2. The van der Waals surface area contributed by atoms with Crippen molar-refractivity contribution in [2.24, 2.45) is 0 Å². The van der Waals surface area contributed by atoms with Gasteiger partial charge in [0.2, 0.25) is 0 Å². The Morgan fingerprint density at radius 3 is 1.21 bits per heavy atom. The molecular formula is C48H61Cl2SiZr. The molecule has 0 aliphatic heterocycles. The van der Waals surface area contributed by atoms with E-state index in [2.05, 4.69) is 138 Å². The molecule has 0 aromatic heterocycles. The van der Waals surface area contributed by atoms with E-state index >= 15 is 0 Å². The summed E-state index contributed by atoms with van der Waals surface area (Å²) in [5.74, 6) is -1.64. The van der Waals surface area contributed by atoms with E-state index in [0.29, 0.717) is 0 Å². The molecule has 0 N–H and O–H groups in total. The first-order valence-corrected chi connectivity index (χ1v) is 36.9. The van der Waals surface area contributed by atoms with Crippen LogP contribution in [0.1, 0.15) is 133 Å². The zero-order chi connectivity index (χ0) is 36.9. The fourth-order valence-corrected chi connectivity index (χ4v) is 40.7. The van der Waals surface area contributed by atoms with Crippen molar-refractivity contribution in [3.63, 3.8) is 0 Å². The van der Waals surface area contributed by atoms with Crippen molar-refractivity contribution in [2.45, 2.75) is 125 Å². The maximum absolute atomic E-state index is 8.84. The molecule has 0 spiro atoms. The fourth-order valence-electron chi connectivity index (χ4n) is 9.23. The number of benzene rings is 4. The van der Waals surface area contributed by atoms with E-state index in [4.69, 9.17) is 17.0 Å². The van der Waals surface area contributed by atoms with E-state index in [1.807, 2.05) is 0 Å². The van der Waals surface area contributed by atoms with Crippen molar-refractivity contribution < 1.29 is 15.6 Å². The summed E-state index contributed by atoms with van der Waals surface area (Å²) in [5.41, 5.74) is 16.6. The Kier molecular flexibility index (Phi) is 13.2. The van der Waals surface area contributed by atoms with Gasteiger partial charge in [-0.05, 0) is 0 Å². The summed E-state index contributed by atoms with van der Waals surface area (Å²) in [6.45, 7) is 14.1. The van der Waals surface area contributed by atoms with Gasteiger partial charge in [-0.15, -0.1) is 0 Å². The molecule has 0 amide bonds. The molecule has 0 fully saturated rings. The second kappa shape index (κ2) is 17.2. The second-order valence-electron chi connectivity index (χ2n) is 16.1. The normalized spacial score (nSPS) is 17.4. The van der Waals surface area contributed by atoms with E-state index in [9.17, 15) is 0 Å². The molecule has 0 heterocycles. The van der Waals surface area contributed by atoms with Crippen LogP contribution in [0.2, 0.25) is 13.1 Å². The van der Waals surface area contributed by atoms with Crippen molar-refractivity contribution in [1.82, 2.24) is 0 Å². The van der Waals surface area contributed by atoms with Crippen LogP contribution in [0, 0.1) is 0 Å². The molecule has 275 valence electrons. The van der Waals surface area contributed by atoms with Crippen LogP contribution >= 0.6 is 17.0 Å². The number of unbranched alkanes of at least 4 members (excludes halogenated alkanes) is 4. The molecule has 0 bridgehead atoms. The van der Waals surface area contributed by atoms with Crippen molar-refractivity contribution in [2.75, 3.05) is 0 Å². The van der Waals surface area contributed by atoms with Crippen molar-refractivity contribution in [1.29, 1.82) is 0 Å². The molecule has 2 aliphatic carbocycles. The summed E-state index contributed by atoms with van der Waals surface area (Å²) in [6.07, 6.45) is 19.1. The zero-order valence-corrected chi connectivity index (χ0v) is 37.8. The number of halogens is 2. The van der Waals surface area contributed by atoms with Crippen molar-refractivity contribution in [3.8, 4) is 22.3 Å². The van der Waals surface area contributed by atoms with Gasteiger partial charge in [-0.3, -0.25) is 0 Å². The molecule has 4 aromatic carbocycles. The molecule has 52 heavy (non-hydrogen) atoms. The number of aryl methyl sites for hydroxylation is 2. The SMILES string of the molecule is CCCCC1=Cc2c(-c3ccc(CCCC)cc3)cccc2[CH]1[Zr]([Cl])([Cl])([CH]1C(CCCC)=Cc2c(-c3ccc(CCCC)cc3)cccc21)[SiH](C)C. The Labute approximate surface area is 324 Å².